The summed E-state index contributed by atoms with van der Waals surface area (Å²) < 4.78 is 16.3. The molecule has 1 aliphatic heterocycles. The van der Waals surface area contributed by atoms with Crippen molar-refractivity contribution in [3.05, 3.63) is 35.9 Å². The molecule has 0 bridgehead atoms. The zero-order valence-electron chi connectivity index (χ0n) is 15.7. The average Bonchev–Trinajstić information content (AvgIpc) is 2.76. The molecule has 1 fully saturated rings. The van der Waals surface area contributed by atoms with Crippen molar-refractivity contribution in [1.29, 1.82) is 0 Å². The lowest BCUT2D eigenvalue weighted by Gasteiger charge is -2.35. The number of amides is 1. The van der Waals surface area contributed by atoms with Crippen molar-refractivity contribution in [2.24, 2.45) is 0 Å². The van der Waals surface area contributed by atoms with Crippen molar-refractivity contribution in [3.63, 3.8) is 0 Å². The Balaban J connectivity index is 2.36. The van der Waals surface area contributed by atoms with Crippen LogP contribution in [-0.2, 0) is 25.4 Å². The highest BCUT2D eigenvalue weighted by Crippen LogP contribution is 2.35. The SMILES string of the molecule is COC(=O)[C@@H]1OC(C)(C)N(C(=O)OC(C)(C)C)[C@H]1Cc1ccccc1. The number of benzene rings is 1. The van der Waals surface area contributed by atoms with Crippen LogP contribution in [0.4, 0.5) is 4.79 Å². The molecule has 6 nitrogen and oxygen atoms in total. The van der Waals surface area contributed by atoms with E-state index in [1.165, 1.54) is 12.0 Å². The van der Waals surface area contributed by atoms with E-state index >= 15 is 0 Å². The van der Waals surface area contributed by atoms with E-state index < -0.39 is 35.5 Å². The van der Waals surface area contributed by atoms with Crippen molar-refractivity contribution in [1.82, 2.24) is 4.90 Å². The molecule has 1 aliphatic rings. The zero-order valence-corrected chi connectivity index (χ0v) is 15.7. The van der Waals surface area contributed by atoms with Gasteiger partial charge in [0, 0.05) is 0 Å². The maximum absolute atomic E-state index is 12.8. The average molecular weight is 349 g/mol. The lowest BCUT2D eigenvalue weighted by molar-refractivity contribution is -0.158. The summed E-state index contributed by atoms with van der Waals surface area (Å²) in [6.07, 6.45) is -0.916. The number of esters is 1. The molecule has 0 spiro atoms. The fourth-order valence-electron chi connectivity index (χ4n) is 3.02. The van der Waals surface area contributed by atoms with Gasteiger partial charge in [-0.1, -0.05) is 30.3 Å². The summed E-state index contributed by atoms with van der Waals surface area (Å²) >= 11 is 0. The summed E-state index contributed by atoms with van der Waals surface area (Å²) in [5.74, 6) is -0.500. The van der Waals surface area contributed by atoms with Gasteiger partial charge in [-0.15, -0.1) is 0 Å². The molecule has 0 unspecified atom stereocenters. The van der Waals surface area contributed by atoms with Gasteiger partial charge in [0.25, 0.3) is 0 Å². The Bertz CT molecular complexity index is 620. The maximum Gasteiger partial charge on any atom is 0.412 e. The number of hydrogen-bond acceptors (Lipinski definition) is 5. The van der Waals surface area contributed by atoms with Crippen molar-refractivity contribution >= 4 is 12.1 Å². The fourth-order valence-corrected chi connectivity index (χ4v) is 3.02. The Labute approximate surface area is 149 Å². The Hall–Kier alpha value is -2.08. The summed E-state index contributed by atoms with van der Waals surface area (Å²) in [4.78, 5) is 26.5. The van der Waals surface area contributed by atoms with Gasteiger partial charge in [0.2, 0.25) is 0 Å². The third-order valence-electron chi connectivity index (χ3n) is 3.99. The van der Waals surface area contributed by atoms with E-state index in [9.17, 15) is 9.59 Å². The Morgan fingerprint density at radius 1 is 1.20 bits per heavy atom. The van der Waals surface area contributed by atoms with Crippen LogP contribution in [0.2, 0.25) is 0 Å². The minimum absolute atomic E-state index is 0.462. The fraction of sp³-hybridized carbons (Fsp3) is 0.579. The second kappa shape index (κ2) is 7.04. The second-order valence-electron chi connectivity index (χ2n) is 7.62. The molecule has 0 aliphatic carbocycles. The first-order chi connectivity index (χ1) is 11.5. The summed E-state index contributed by atoms with van der Waals surface area (Å²) in [5, 5.41) is 0. The van der Waals surface area contributed by atoms with Gasteiger partial charge in [0.05, 0.1) is 13.2 Å². The molecule has 2 atom stereocenters. The number of carbonyl (C=O) groups excluding carboxylic acids is 2. The van der Waals surface area contributed by atoms with Crippen LogP contribution in [0, 0.1) is 0 Å². The maximum atomic E-state index is 12.8. The number of ether oxygens (including phenoxy) is 3. The monoisotopic (exact) mass is 349 g/mol. The van der Waals surface area contributed by atoms with E-state index in [1.807, 2.05) is 30.3 Å². The van der Waals surface area contributed by atoms with Gasteiger partial charge >= 0.3 is 12.1 Å². The Morgan fingerprint density at radius 3 is 2.32 bits per heavy atom. The van der Waals surface area contributed by atoms with Crippen molar-refractivity contribution in [3.8, 4) is 0 Å². The quantitative estimate of drug-likeness (QED) is 0.785. The molecule has 1 aromatic carbocycles. The highest BCUT2D eigenvalue weighted by atomic mass is 16.6. The van der Waals surface area contributed by atoms with E-state index in [2.05, 4.69) is 0 Å². The summed E-state index contributed by atoms with van der Waals surface area (Å²) in [5.41, 5.74) is -0.634. The highest BCUT2D eigenvalue weighted by molar-refractivity contribution is 5.79. The molecular weight excluding hydrogens is 322 g/mol. The van der Waals surface area contributed by atoms with Gasteiger partial charge in [0.15, 0.2) is 6.10 Å². The topological polar surface area (TPSA) is 65.1 Å². The summed E-state index contributed by atoms with van der Waals surface area (Å²) in [6.45, 7) is 8.91. The molecule has 6 heteroatoms. The second-order valence-corrected chi connectivity index (χ2v) is 7.62. The molecule has 1 amide bonds. The van der Waals surface area contributed by atoms with Crippen molar-refractivity contribution in [2.75, 3.05) is 7.11 Å². The van der Waals surface area contributed by atoms with E-state index in [1.54, 1.807) is 34.6 Å². The normalized spacial score (nSPS) is 22.6. The third kappa shape index (κ3) is 4.51. The van der Waals surface area contributed by atoms with E-state index in [-0.39, 0.29) is 0 Å². The molecule has 1 saturated heterocycles. The number of rotatable bonds is 3. The molecule has 1 aromatic rings. The lowest BCUT2D eigenvalue weighted by Crippen LogP contribution is -2.51. The van der Waals surface area contributed by atoms with Gasteiger partial charge in [-0.05, 0) is 46.6 Å². The highest BCUT2D eigenvalue weighted by Gasteiger charge is 2.54. The number of carbonyl (C=O) groups is 2. The molecule has 2 rings (SSSR count). The minimum Gasteiger partial charge on any atom is -0.467 e. The molecular formula is C19H27NO5. The van der Waals surface area contributed by atoms with Gasteiger partial charge in [-0.25, -0.2) is 9.59 Å². The zero-order chi connectivity index (χ0) is 18.8. The van der Waals surface area contributed by atoms with Gasteiger partial charge in [0.1, 0.15) is 11.3 Å². The van der Waals surface area contributed by atoms with Crippen LogP contribution < -0.4 is 0 Å². The third-order valence-corrected chi connectivity index (χ3v) is 3.99. The standard InChI is InChI=1S/C19H27NO5/c1-18(2,3)25-17(22)20-14(12-13-10-8-7-9-11-13)15(16(21)23-6)24-19(20,4)5/h7-11,14-15H,12H2,1-6H3/t14-,15+/m0/s1. The predicted octanol–water partition coefficient (Wildman–Crippen LogP) is 3.14. The van der Waals surface area contributed by atoms with E-state index in [0.717, 1.165) is 5.56 Å². The predicted molar refractivity (Wildman–Crippen MR) is 93.0 cm³/mol. The van der Waals surface area contributed by atoms with Crippen LogP contribution >= 0.6 is 0 Å². The first-order valence-corrected chi connectivity index (χ1v) is 8.37. The first-order valence-electron chi connectivity index (χ1n) is 8.37. The number of methoxy groups -OCH3 is 1. The van der Waals surface area contributed by atoms with Crippen molar-refractivity contribution in [2.45, 2.75) is 64.5 Å². The van der Waals surface area contributed by atoms with Gasteiger partial charge in [-0.3, -0.25) is 4.90 Å². The summed E-state index contributed by atoms with van der Waals surface area (Å²) in [7, 11) is 1.31. The van der Waals surface area contributed by atoms with E-state index in [4.69, 9.17) is 14.2 Å². The molecule has 138 valence electrons. The van der Waals surface area contributed by atoms with Crippen LogP contribution in [0.15, 0.2) is 30.3 Å². The Morgan fingerprint density at radius 2 is 1.80 bits per heavy atom. The smallest absolute Gasteiger partial charge is 0.412 e. The minimum atomic E-state index is -0.985. The molecule has 1 heterocycles. The van der Waals surface area contributed by atoms with Gasteiger partial charge < -0.3 is 14.2 Å². The van der Waals surface area contributed by atoms with Crippen LogP contribution in [0.1, 0.15) is 40.2 Å². The molecule has 0 aromatic heterocycles. The molecule has 25 heavy (non-hydrogen) atoms. The molecule has 0 radical (unpaired) electrons. The van der Waals surface area contributed by atoms with Crippen LogP contribution in [0.5, 0.6) is 0 Å². The number of nitrogens with zero attached hydrogens (tertiary/aromatic N) is 1. The summed E-state index contributed by atoms with van der Waals surface area (Å²) in [6, 6.07) is 9.14. The largest absolute Gasteiger partial charge is 0.467 e. The first kappa shape index (κ1) is 19.2. The van der Waals surface area contributed by atoms with Gasteiger partial charge in [-0.2, -0.15) is 0 Å². The van der Waals surface area contributed by atoms with Crippen LogP contribution in [0.25, 0.3) is 0 Å². The van der Waals surface area contributed by atoms with Crippen LogP contribution in [-0.4, -0.2) is 47.5 Å². The van der Waals surface area contributed by atoms with Crippen molar-refractivity contribution < 1.29 is 23.8 Å². The van der Waals surface area contributed by atoms with E-state index in [0.29, 0.717) is 6.42 Å². The lowest BCUT2D eigenvalue weighted by atomic mass is 10.0. The number of hydrogen-bond donors (Lipinski definition) is 0. The molecule has 0 saturated carbocycles. The Kier molecular flexibility index (Phi) is 5.42. The molecule has 0 N–H and O–H groups in total. The van der Waals surface area contributed by atoms with Crippen LogP contribution in [0.3, 0.4) is 0 Å².